The maximum absolute atomic E-state index is 6.00. The molecule has 122 valence electrons. The lowest BCUT2D eigenvalue weighted by Crippen LogP contribution is -2.10. The predicted molar refractivity (Wildman–Crippen MR) is 108 cm³/mol. The maximum Gasteiger partial charge on any atom is 0.139 e. The molecule has 0 saturated heterocycles. The molecule has 0 atom stereocenters. The van der Waals surface area contributed by atoms with Crippen LogP contribution < -0.4 is 5.32 Å². The van der Waals surface area contributed by atoms with E-state index in [4.69, 9.17) is 16.6 Å². The molecular formula is C22H17ClN2. The van der Waals surface area contributed by atoms with E-state index in [0.717, 1.165) is 38.9 Å². The molecule has 0 bridgehead atoms. The van der Waals surface area contributed by atoms with E-state index in [-0.39, 0.29) is 0 Å². The average molecular weight is 345 g/mol. The number of benzene rings is 3. The van der Waals surface area contributed by atoms with Gasteiger partial charge in [-0.1, -0.05) is 59.6 Å². The molecule has 0 saturated carbocycles. The van der Waals surface area contributed by atoms with Crippen LogP contribution in [-0.2, 0) is 0 Å². The van der Waals surface area contributed by atoms with Crippen molar-refractivity contribution in [2.24, 2.45) is 4.99 Å². The van der Waals surface area contributed by atoms with E-state index < -0.39 is 0 Å². The first-order valence-electron chi connectivity index (χ1n) is 8.18. The van der Waals surface area contributed by atoms with Gasteiger partial charge < -0.3 is 5.32 Å². The van der Waals surface area contributed by atoms with E-state index >= 15 is 0 Å². The number of aliphatic imine (C=N–C) groups is 1. The molecule has 3 aromatic carbocycles. The number of para-hydroxylation sites is 1. The third-order valence-electron chi connectivity index (χ3n) is 4.18. The highest BCUT2D eigenvalue weighted by atomic mass is 35.5. The van der Waals surface area contributed by atoms with Crippen LogP contribution in [-0.4, -0.2) is 5.84 Å². The topological polar surface area (TPSA) is 24.4 Å². The summed E-state index contributed by atoms with van der Waals surface area (Å²) in [6.07, 6.45) is 2.14. The minimum Gasteiger partial charge on any atom is -0.340 e. The molecule has 1 heterocycles. The molecule has 4 rings (SSSR count). The minimum absolute atomic E-state index is 0.737. The fourth-order valence-corrected chi connectivity index (χ4v) is 2.97. The Labute approximate surface area is 152 Å². The minimum atomic E-state index is 0.737. The monoisotopic (exact) mass is 344 g/mol. The summed E-state index contributed by atoms with van der Waals surface area (Å²) in [7, 11) is 0. The number of aryl methyl sites for hydroxylation is 1. The largest absolute Gasteiger partial charge is 0.340 e. The van der Waals surface area contributed by atoms with E-state index in [0.29, 0.717) is 0 Å². The number of halogens is 1. The van der Waals surface area contributed by atoms with Crippen molar-refractivity contribution in [1.82, 2.24) is 0 Å². The Morgan fingerprint density at radius 2 is 1.60 bits per heavy atom. The summed E-state index contributed by atoms with van der Waals surface area (Å²) in [4.78, 5) is 4.78. The van der Waals surface area contributed by atoms with E-state index in [9.17, 15) is 0 Å². The van der Waals surface area contributed by atoms with Gasteiger partial charge in [0.2, 0.25) is 0 Å². The van der Waals surface area contributed by atoms with E-state index in [1.165, 1.54) is 5.56 Å². The molecular weight excluding hydrogens is 328 g/mol. The number of fused-ring (bicyclic) bond motifs is 1. The highest BCUT2D eigenvalue weighted by molar-refractivity contribution is 6.36. The number of rotatable bonds is 2. The Balaban J connectivity index is 1.74. The summed E-state index contributed by atoms with van der Waals surface area (Å²) in [5.74, 6) is 0.861. The van der Waals surface area contributed by atoms with Crippen molar-refractivity contribution in [3.8, 4) is 0 Å². The van der Waals surface area contributed by atoms with Gasteiger partial charge in [-0.05, 0) is 48.9 Å². The van der Waals surface area contributed by atoms with Crippen LogP contribution in [0.1, 0.15) is 16.7 Å². The van der Waals surface area contributed by atoms with Crippen LogP contribution in [0.4, 0.5) is 11.4 Å². The van der Waals surface area contributed by atoms with Gasteiger partial charge in [0.05, 0.1) is 5.69 Å². The van der Waals surface area contributed by atoms with Crippen LogP contribution in [0.2, 0.25) is 5.02 Å². The summed E-state index contributed by atoms with van der Waals surface area (Å²) in [5, 5.41) is 4.19. The van der Waals surface area contributed by atoms with Gasteiger partial charge in [0.1, 0.15) is 5.84 Å². The molecule has 0 aromatic heterocycles. The van der Waals surface area contributed by atoms with Crippen molar-refractivity contribution in [1.29, 1.82) is 0 Å². The van der Waals surface area contributed by atoms with Crippen molar-refractivity contribution in [3.05, 3.63) is 94.5 Å². The standard InChI is InChI=1S/C22H17ClN2/c1-15-6-12-18(13-7-15)24-22-20(14-16-8-10-17(23)11-9-16)19-4-2-3-5-21(19)25-22/h2-14H,1H3,(H,24,25)/b20-14+. The zero-order chi connectivity index (χ0) is 17.2. The van der Waals surface area contributed by atoms with Gasteiger partial charge in [0.15, 0.2) is 0 Å². The maximum atomic E-state index is 6.00. The van der Waals surface area contributed by atoms with Gasteiger partial charge in [-0.2, -0.15) is 0 Å². The molecule has 0 radical (unpaired) electrons. The molecule has 3 heteroatoms. The lowest BCUT2D eigenvalue weighted by molar-refractivity contribution is 1.46. The molecule has 2 nitrogen and oxygen atoms in total. The average Bonchev–Trinajstić information content (AvgIpc) is 2.96. The summed E-state index contributed by atoms with van der Waals surface area (Å²) in [5.41, 5.74) is 6.55. The second-order valence-electron chi connectivity index (χ2n) is 6.08. The number of nitrogens with zero attached hydrogens (tertiary/aromatic N) is 1. The van der Waals surface area contributed by atoms with E-state index in [1.807, 2.05) is 42.5 Å². The van der Waals surface area contributed by atoms with Crippen LogP contribution in [0.3, 0.4) is 0 Å². The Morgan fingerprint density at radius 1 is 0.880 bits per heavy atom. The number of nitrogens with one attached hydrogen (secondary N) is 1. The molecule has 3 aromatic rings. The second kappa shape index (κ2) is 6.58. The predicted octanol–water partition coefficient (Wildman–Crippen LogP) is 6.34. The van der Waals surface area contributed by atoms with Crippen molar-refractivity contribution < 1.29 is 0 Å². The molecule has 1 aliphatic heterocycles. The number of amidine groups is 1. The Kier molecular flexibility index (Phi) is 4.12. The smallest absolute Gasteiger partial charge is 0.139 e. The normalized spacial score (nSPS) is 14.3. The Bertz CT molecular complexity index is 968. The molecule has 0 amide bonds. The number of hydrogen-bond acceptors (Lipinski definition) is 2. The third kappa shape index (κ3) is 3.35. The lowest BCUT2D eigenvalue weighted by Gasteiger charge is -2.09. The SMILES string of the molecule is Cc1ccc(NC2=Nc3ccccc3/C2=C\c2ccc(Cl)cc2)cc1. The van der Waals surface area contributed by atoms with E-state index in [2.05, 4.69) is 48.6 Å². The zero-order valence-corrected chi connectivity index (χ0v) is 14.6. The molecule has 0 unspecified atom stereocenters. The Hall–Kier alpha value is -2.84. The van der Waals surface area contributed by atoms with Crippen LogP contribution in [0.25, 0.3) is 11.6 Å². The van der Waals surface area contributed by atoms with Gasteiger partial charge in [0.25, 0.3) is 0 Å². The van der Waals surface area contributed by atoms with Gasteiger partial charge in [-0.3, -0.25) is 0 Å². The van der Waals surface area contributed by atoms with Crippen molar-refractivity contribution >= 4 is 40.5 Å². The molecule has 1 N–H and O–H groups in total. The molecule has 0 spiro atoms. The van der Waals surface area contributed by atoms with Crippen LogP contribution in [0, 0.1) is 6.92 Å². The quantitative estimate of drug-likeness (QED) is 0.576. The third-order valence-corrected chi connectivity index (χ3v) is 4.43. The number of anilines is 1. The van der Waals surface area contributed by atoms with Crippen molar-refractivity contribution in [2.75, 3.05) is 5.32 Å². The Morgan fingerprint density at radius 3 is 2.36 bits per heavy atom. The zero-order valence-electron chi connectivity index (χ0n) is 13.8. The van der Waals surface area contributed by atoms with Gasteiger partial charge in [-0.25, -0.2) is 4.99 Å². The summed E-state index contributed by atoms with van der Waals surface area (Å²) in [6.45, 7) is 2.08. The van der Waals surface area contributed by atoms with Gasteiger partial charge in [-0.15, -0.1) is 0 Å². The summed E-state index contributed by atoms with van der Waals surface area (Å²) >= 11 is 6.00. The first-order valence-corrected chi connectivity index (χ1v) is 8.56. The molecule has 25 heavy (non-hydrogen) atoms. The fraction of sp³-hybridized carbons (Fsp3) is 0.0455. The molecule has 1 aliphatic rings. The first kappa shape index (κ1) is 15.7. The van der Waals surface area contributed by atoms with Crippen LogP contribution in [0.15, 0.2) is 77.8 Å². The van der Waals surface area contributed by atoms with Crippen molar-refractivity contribution in [2.45, 2.75) is 6.92 Å². The highest BCUT2D eigenvalue weighted by Gasteiger charge is 2.20. The number of hydrogen-bond donors (Lipinski definition) is 1. The lowest BCUT2D eigenvalue weighted by atomic mass is 10.0. The first-order chi connectivity index (χ1) is 12.2. The molecule has 0 fully saturated rings. The fourth-order valence-electron chi connectivity index (χ4n) is 2.85. The van der Waals surface area contributed by atoms with Gasteiger partial charge >= 0.3 is 0 Å². The van der Waals surface area contributed by atoms with Crippen LogP contribution in [0.5, 0.6) is 0 Å². The van der Waals surface area contributed by atoms with Crippen LogP contribution >= 0.6 is 11.6 Å². The molecule has 0 aliphatic carbocycles. The van der Waals surface area contributed by atoms with Crippen molar-refractivity contribution in [3.63, 3.8) is 0 Å². The highest BCUT2D eigenvalue weighted by Crippen LogP contribution is 2.36. The summed E-state index contributed by atoms with van der Waals surface area (Å²) in [6, 6.07) is 24.3. The second-order valence-corrected chi connectivity index (χ2v) is 6.51. The van der Waals surface area contributed by atoms with Gasteiger partial charge in [0, 0.05) is 21.8 Å². The summed E-state index contributed by atoms with van der Waals surface area (Å²) < 4.78 is 0. The van der Waals surface area contributed by atoms with E-state index in [1.54, 1.807) is 0 Å².